The number of hydrogen-bond donors (Lipinski definition) is 1. The molecule has 0 aliphatic rings. The molecule has 0 spiro atoms. The van der Waals surface area contributed by atoms with Gasteiger partial charge in [-0.1, -0.05) is 0 Å². The summed E-state index contributed by atoms with van der Waals surface area (Å²) >= 11 is 1.29. The Labute approximate surface area is 160 Å². The lowest BCUT2D eigenvalue weighted by molar-refractivity contribution is -0.119. The SMILES string of the molecule is CCOc1ccc(-c2csc(NC(=O)COC(=O)c3cccnc3)n2)cc1. The van der Waals surface area contributed by atoms with E-state index in [9.17, 15) is 9.59 Å². The normalized spacial score (nSPS) is 10.3. The highest BCUT2D eigenvalue weighted by Crippen LogP contribution is 2.26. The van der Waals surface area contributed by atoms with Crippen molar-refractivity contribution in [1.29, 1.82) is 0 Å². The van der Waals surface area contributed by atoms with Gasteiger partial charge >= 0.3 is 5.97 Å². The molecule has 8 heteroatoms. The number of pyridine rings is 1. The van der Waals surface area contributed by atoms with E-state index in [0.717, 1.165) is 17.0 Å². The first-order valence-electron chi connectivity index (χ1n) is 8.21. The minimum Gasteiger partial charge on any atom is -0.494 e. The largest absolute Gasteiger partial charge is 0.494 e. The van der Waals surface area contributed by atoms with Gasteiger partial charge in [-0.25, -0.2) is 9.78 Å². The number of anilines is 1. The number of nitrogens with one attached hydrogen (secondary N) is 1. The van der Waals surface area contributed by atoms with E-state index in [4.69, 9.17) is 9.47 Å². The fourth-order valence-electron chi connectivity index (χ4n) is 2.21. The number of nitrogens with zero attached hydrogens (tertiary/aromatic N) is 2. The van der Waals surface area contributed by atoms with Crippen molar-refractivity contribution in [1.82, 2.24) is 9.97 Å². The second-order valence-corrected chi connectivity index (χ2v) is 6.22. The Morgan fingerprint density at radius 3 is 2.70 bits per heavy atom. The van der Waals surface area contributed by atoms with Crippen LogP contribution in [0.15, 0.2) is 54.2 Å². The van der Waals surface area contributed by atoms with Crippen molar-refractivity contribution >= 4 is 28.3 Å². The average molecular weight is 383 g/mol. The van der Waals surface area contributed by atoms with Crippen molar-refractivity contribution in [3.63, 3.8) is 0 Å². The Bertz CT molecular complexity index is 910. The molecular weight excluding hydrogens is 366 g/mol. The third-order valence-electron chi connectivity index (χ3n) is 3.44. The van der Waals surface area contributed by atoms with Crippen molar-refractivity contribution in [3.05, 3.63) is 59.7 Å². The van der Waals surface area contributed by atoms with Crippen LogP contribution >= 0.6 is 11.3 Å². The van der Waals surface area contributed by atoms with E-state index in [-0.39, 0.29) is 5.56 Å². The van der Waals surface area contributed by atoms with Crippen molar-refractivity contribution in [2.45, 2.75) is 6.92 Å². The summed E-state index contributed by atoms with van der Waals surface area (Å²) in [5.74, 6) is -0.271. The first-order valence-corrected chi connectivity index (χ1v) is 9.09. The van der Waals surface area contributed by atoms with Crippen LogP contribution < -0.4 is 10.1 Å². The van der Waals surface area contributed by atoms with E-state index >= 15 is 0 Å². The molecule has 0 radical (unpaired) electrons. The Morgan fingerprint density at radius 2 is 2.00 bits per heavy atom. The van der Waals surface area contributed by atoms with Crippen molar-refractivity contribution < 1.29 is 19.1 Å². The van der Waals surface area contributed by atoms with Gasteiger partial charge in [0.2, 0.25) is 0 Å². The van der Waals surface area contributed by atoms with Crippen LogP contribution in [0.3, 0.4) is 0 Å². The number of ether oxygens (including phenoxy) is 2. The predicted octanol–water partition coefficient (Wildman–Crippen LogP) is 3.40. The molecule has 2 heterocycles. The van der Waals surface area contributed by atoms with Gasteiger partial charge in [0.05, 0.1) is 17.9 Å². The van der Waals surface area contributed by atoms with Crippen molar-refractivity contribution in [2.75, 3.05) is 18.5 Å². The van der Waals surface area contributed by atoms with Crippen LogP contribution in [0.4, 0.5) is 5.13 Å². The molecule has 0 saturated heterocycles. The number of benzene rings is 1. The number of aromatic nitrogens is 2. The third-order valence-corrected chi connectivity index (χ3v) is 4.20. The maximum absolute atomic E-state index is 12.0. The van der Waals surface area contributed by atoms with E-state index in [1.165, 1.54) is 17.5 Å². The summed E-state index contributed by atoms with van der Waals surface area (Å²) in [5.41, 5.74) is 1.95. The standard InChI is InChI=1S/C19H17N3O4S/c1-2-25-15-7-5-13(6-8-15)16-12-27-19(21-16)22-17(23)11-26-18(24)14-4-3-9-20-10-14/h3-10,12H,2,11H2,1H3,(H,21,22,23). The number of thiazole rings is 1. The molecular formula is C19H17N3O4S. The summed E-state index contributed by atoms with van der Waals surface area (Å²) in [6, 6.07) is 10.7. The zero-order valence-corrected chi connectivity index (χ0v) is 15.4. The summed E-state index contributed by atoms with van der Waals surface area (Å²) in [6.07, 6.45) is 2.93. The third kappa shape index (κ3) is 5.11. The molecule has 0 atom stereocenters. The molecule has 0 aliphatic heterocycles. The van der Waals surface area contributed by atoms with Gasteiger partial charge in [-0.2, -0.15) is 0 Å². The Kier molecular flexibility index (Phi) is 6.11. The highest BCUT2D eigenvalue weighted by molar-refractivity contribution is 7.14. The summed E-state index contributed by atoms with van der Waals surface area (Å²) in [7, 11) is 0. The number of carbonyl (C=O) groups is 2. The van der Waals surface area contributed by atoms with E-state index in [2.05, 4.69) is 15.3 Å². The van der Waals surface area contributed by atoms with Gasteiger partial charge in [0.25, 0.3) is 5.91 Å². The molecule has 0 fully saturated rings. The quantitative estimate of drug-likeness (QED) is 0.629. The van der Waals surface area contributed by atoms with Gasteiger partial charge in [-0.05, 0) is 43.3 Å². The molecule has 7 nitrogen and oxygen atoms in total. The lowest BCUT2D eigenvalue weighted by Crippen LogP contribution is -2.20. The summed E-state index contributed by atoms with van der Waals surface area (Å²) < 4.78 is 10.4. The first kappa shape index (κ1) is 18.5. The molecule has 2 aromatic heterocycles. The zero-order chi connectivity index (χ0) is 19.1. The van der Waals surface area contributed by atoms with Crippen LogP contribution in [-0.2, 0) is 9.53 Å². The zero-order valence-electron chi connectivity index (χ0n) is 14.5. The van der Waals surface area contributed by atoms with Crippen LogP contribution in [-0.4, -0.2) is 35.1 Å². The molecule has 0 saturated carbocycles. The maximum atomic E-state index is 12.0. The van der Waals surface area contributed by atoms with E-state index < -0.39 is 18.5 Å². The van der Waals surface area contributed by atoms with Gasteiger partial charge in [0.1, 0.15) is 5.75 Å². The molecule has 3 rings (SSSR count). The second-order valence-electron chi connectivity index (χ2n) is 5.36. The maximum Gasteiger partial charge on any atom is 0.340 e. The van der Waals surface area contributed by atoms with Crippen molar-refractivity contribution in [3.8, 4) is 17.0 Å². The van der Waals surface area contributed by atoms with Gasteiger partial charge in [0, 0.05) is 23.3 Å². The van der Waals surface area contributed by atoms with E-state index in [1.807, 2.05) is 36.6 Å². The minimum atomic E-state index is -0.604. The summed E-state index contributed by atoms with van der Waals surface area (Å²) in [5, 5.41) is 4.89. The number of hydrogen-bond acceptors (Lipinski definition) is 7. The van der Waals surface area contributed by atoms with Crippen LogP contribution in [0.2, 0.25) is 0 Å². The molecule has 3 aromatic rings. The fourth-order valence-corrected chi connectivity index (χ4v) is 2.94. The van der Waals surface area contributed by atoms with Gasteiger partial charge < -0.3 is 9.47 Å². The Morgan fingerprint density at radius 1 is 1.19 bits per heavy atom. The van der Waals surface area contributed by atoms with Gasteiger partial charge in [-0.3, -0.25) is 15.1 Å². The highest BCUT2D eigenvalue weighted by atomic mass is 32.1. The molecule has 138 valence electrons. The van der Waals surface area contributed by atoms with Gasteiger partial charge in [0.15, 0.2) is 11.7 Å². The van der Waals surface area contributed by atoms with Crippen molar-refractivity contribution in [2.24, 2.45) is 0 Å². The molecule has 0 bridgehead atoms. The number of carbonyl (C=O) groups excluding carboxylic acids is 2. The molecule has 0 unspecified atom stereocenters. The smallest absolute Gasteiger partial charge is 0.340 e. The van der Waals surface area contributed by atoms with Crippen LogP contribution in [0, 0.1) is 0 Å². The Hall–Kier alpha value is -3.26. The molecule has 1 N–H and O–H groups in total. The Balaban J connectivity index is 1.54. The number of rotatable bonds is 7. The average Bonchev–Trinajstić information content (AvgIpc) is 3.16. The fraction of sp³-hybridized carbons (Fsp3) is 0.158. The summed E-state index contributed by atoms with van der Waals surface area (Å²) in [6.45, 7) is 2.14. The second kappa shape index (κ2) is 8.91. The minimum absolute atomic E-state index is 0.289. The number of esters is 1. The first-order chi connectivity index (χ1) is 13.2. The molecule has 1 amide bonds. The van der Waals surface area contributed by atoms with E-state index in [0.29, 0.717) is 11.7 Å². The summed E-state index contributed by atoms with van der Waals surface area (Å²) in [4.78, 5) is 32.0. The monoisotopic (exact) mass is 383 g/mol. The molecule has 1 aromatic carbocycles. The number of amides is 1. The highest BCUT2D eigenvalue weighted by Gasteiger charge is 2.12. The van der Waals surface area contributed by atoms with Crippen LogP contribution in [0.25, 0.3) is 11.3 Å². The molecule has 0 aliphatic carbocycles. The van der Waals surface area contributed by atoms with Crippen LogP contribution in [0.5, 0.6) is 5.75 Å². The lowest BCUT2D eigenvalue weighted by atomic mass is 10.2. The van der Waals surface area contributed by atoms with Crippen LogP contribution in [0.1, 0.15) is 17.3 Å². The van der Waals surface area contributed by atoms with E-state index in [1.54, 1.807) is 18.3 Å². The molecule has 27 heavy (non-hydrogen) atoms. The lowest BCUT2D eigenvalue weighted by Gasteiger charge is -2.04. The topological polar surface area (TPSA) is 90.4 Å². The predicted molar refractivity (Wildman–Crippen MR) is 102 cm³/mol. The van der Waals surface area contributed by atoms with Gasteiger partial charge in [-0.15, -0.1) is 11.3 Å².